The summed E-state index contributed by atoms with van der Waals surface area (Å²) < 4.78 is 10.2. The number of nitrogens with zero attached hydrogens (tertiary/aromatic N) is 2. The zero-order valence-electron chi connectivity index (χ0n) is 17.7. The van der Waals surface area contributed by atoms with E-state index in [0.717, 1.165) is 23.7 Å². The molecule has 3 nitrogen and oxygen atoms in total. The molecule has 5 rings (SSSR count). The number of hydrogen-bond acceptors (Lipinski definition) is 1. The third-order valence-corrected chi connectivity index (χ3v) is 5.38. The maximum Gasteiger partial charge on any atom is 0.210 e. The lowest BCUT2D eigenvalue weighted by Crippen LogP contribution is -2.33. The maximum absolute atomic E-state index is 5.88. The molecule has 0 amide bonds. The van der Waals surface area contributed by atoms with Crippen molar-refractivity contribution in [2.45, 2.75) is 6.54 Å². The van der Waals surface area contributed by atoms with Crippen LogP contribution in [-0.2, 0) is 6.54 Å². The Hall–Kier alpha value is -4.24. The highest BCUT2D eigenvalue weighted by molar-refractivity contribution is 5.61. The number of aromatic nitrogens is 2. The normalized spacial score (nSPS) is 10.6. The minimum atomic E-state index is 0.824. The summed E-state index contributed by atoms with van der Waals surface area (Å²) in [6.45, 7) is 0.875. The highest BCUT2D eigenvalue weighted by atomic mass is 16.5. The van der Waals surface area contributed by atoms with Crippen LogP contribution >= 0.6 is 0 Å². The Morgan fingerprint density at radius 1 is 0.500 bits per heavy atom. The van der Waals surface area contributed by atoms with E-state index in [1.807, 2.05) is 48.5 Å². The van der Waals surface area contributed by atoms with Crippen LogP contribution < -0.4 is 13.9 Å². The molecule has 0 unspecified atom stereocenters. The topological polar surface area (TPSA) is 17.0 Å². The highest BCUT2D eigenvalue weighted by Crippen LogP contribution is 2.21. The van der Waals surface area contributed by atoms with Crippen LogP contribution in [0.1, 0.15) is 5.56 Å². The molecule has 5 aromatic rings. The lowest BCUT2D eigenvalue weighted by atomic mass is 10.1. The molecular formula is C29H24N2O+2. The molecule has 2 heterocycles. The van der Waals surface area contributed by atoms with E-state index in [9.17, 15) is 0 Å². The maximum atomic E-state index is 5.88. The molecule has 0 fully saturated rings. The zero-order chi connectivity index (χ0) is 21.6. The van der Waals surface area contributed by atoms with Crippen LogP contribution in [0.4, 0.5) is 0 Å². The number of pyridine rings is 2. The van der Waals surface area contributed by atoms with Crippen LogP contribution in [0.5, 0.6) is 11.5 Å². The van der Waals surface area contributed by atoms with Crippen molar-refractivity contribution in [3.05, 3.63) is 140 Å². The first-order valence-electron chi connectivity index (χ1n) is 10.7. The van der Waals surface area contributed by atoms with Gasteiger partial charge in [-0.3, -0.25) is 0 Å². The summed E-state index contributed by atoms with van der Waals surface area (Å²) >= 11 is 0. The molecule has 0 saturated carbocycles. The molecule has 0 radical (unpaired) electrons. The molecule has 0 aliphatic carbocycles. The lowest BCUT2D eigenvalue weighted by molar-refractivity contribution is -0.688. The Morgan fingerprint density at radius 2 is 1.03 bits per heavy atom. The number of rotatable bonds is 6. The molecular weight excluding hydrogens is 392 g/mol. The first-order valence-corrected chi connectivity index (χ1v) is 10.7. The van der Waals surface area contributed by atoms with Crippen molar-refractivity contribution >= 4 is 0 Å². The molecule has 3 heteroatoms. The predicted octanol–water partition coefficient (Wildman–Crippen LogP) is 5.76. The van der Waals surface area contributed by atoms with Gasteiger partial charge in [-0.05, 0) is 35.4 Å². The van der Waals surface area contributed by atoms with Crippen molar-refractivity contribution < 1.29 is 13.9 Å². The number of hydrogen-bond donors (Lipinski definition) is 0. The van der Waals surface area contributed by atoms with Gasteiger partial charge in [-0.1, -0.05) is 48.5 Å². The molecule has 0 N–H and O–H groups in total. The van der Waals surface area contributed by atoms with Crippen LogP contribution in [0.25, 0.3) is 16.8 Å². The third-order valence-electron chi connectivity index (χ3n) is 5.38. The number of ether oxygens (including phenoxy) is 1. The van der Waals surface area contributed by atoms with Gasteiger partial charge < -0.3 is 4.74 Å². The lowest BCUT2D eigenvalue weighted by Gasteiger charge is -2.05. The molecule has 0 saturated heterocycles. The molecule has 154 valence electrons. The molecule has 0 aliphatic rings. The van der Waals surface area contributed by atoms with Crippen LogP contribution in [0.2, 0.25) is 0 Å². The Kier molecular flexibility index (Phi) is 5.71. The summed E-state index contributed by atoms with van der Waals surface area (Å²) in [7, 11) is 0. The average molecular weight is 417 g/mol. The van der Waals surface area contributed by atoms with Crippen LogP contribution in [0, 0.1) is 0 Å². The first kappa shape index (κ1) is 19.7. The van der Waals surface area contributed by atoms with Crippen molar-refractivity contribution in [1.82, 2.24) is 0 Å². The van der Waals surface area contributed by atoms with Gasteiger partial charge >= 0.3 is 0 Å². The van der Waals surface area contributed by atoms with E-state index in [4.69, 9.17) is 4.74 Å². The van der Waals surface area contributed by atoms with E-state index >= 15 is 0 Å². The summed E-state index contributed by atoms with van der Waals surface area (Å²) in [5, 5.41) is 0. The molecule has 32 heavy (non-hydrogen) atoms. The molecule has 0 spiro atoms. The first-order chi connectivity index (χ1) is 15.8. The fourth-order valence-electron chi connectivity index (χ4n) is 3.65. The van der Waals surface area contributed by atoms with E-state index in [0.29, 0.717) is 0 Å². The van der Waals surface area contributed by atoms with E-state index in [2.05, 4.69) is 94.6 Å². The van der Waals surface area contributed by atoms with Crippen molar-refractivity contribution in [2.24, 2.45) is 0 Å². The molecule has 2 aromatic heterocycles. The second kappa shape index (κ2) is 9.27. The smallest absolute Gasteiger partial charge is 0.210 e. The molecule has 0 bridgehead atoms. The second-order valence-corrected chi connectivity index (χ2v) is 7.65. The van der Waals surface area contributed by atoms with Gasteiger partial charge in [0.1, 0.15) is 11.5 Å². The Balaban J connectivity index is 1.26. The van der Waals surface area contributed by atoms with Gasteiger partial charge in [0, 0.05) is 42.0 Å². The quantitative estimate of drug-likeness (QED) is 0.322. The standard InChI is InChI=1S/C29H24N2O/c1-3-7-24(8-4-1)23-30-19-15-25(16-20-30)26-17-21-31(22-18-26)27-11-13-29(14-12-27)32-28-9-5-2-6-10-28/h1-22H,23H2/q+2. The summed E-state index contributed by atoms with van der Waals surface area (Å²) in [5.74, 6) is 1.66. The average Bonchev–Trinajstić information content (AvgIpc) is 2.86. The van der Waals surface area contributed by atoms with Crippen LogP contribution in [-0.4, -0.2) is 0 Å². The third kappa shape index (κ3) is 4.73. The predicted molar refractivity (Wildman–Crippen MR) is 126 cm³/mol. The number of para-hydroxylation sites is 1. The summed E-state index contributed by atoms with van der Waals surface area (Å²) in [6, 6.07) is 37.1. The van der Waals surface area contributed by atoms with E-state index < -0.39 is 0 Å². The van der Waals surface area contributed by atoms with Gasteiger partial charge in [0.15, 0.2) is 31.3 Å². The Bertz CT molecular complexity index is 1160. The Morgan fingerprint density at radius 3 is 1.66 bits per heavy atom. The molecule has 3 aromatic carbocycles. The monoisotopic (exact) mass is 416 g/mol. The molecule has 0 aliphatic heterocycles. The minimum absolute atomic E-state index is 0.824. The van der Waals surface area contributed by atoms with Gasteiger partial charge in [0.05, 0.1) is 0 Å². The number of benzene rings is 3. The minimum Gasteiger partial charge on any atom is -0.457 e. The summed E-state index contributed by atoms with van der Waals surface area (Å²) in [4.78, 5) is 0. The zero-order valence-corrected chi connectivity index (χ0v) is 17.7. The van der Waals surface area contributed by atoms with Gasteiger partial charge in [0.25, 0.3) is 0 Å². The van der Waals surface area contributed by atoms with E-state index in [1.165, 1.54) is 16.7 Å². The summed E-state index contributed by atoms with van der Waals surface area (Å²) in [6.07, 6.45) is 8.45. The molecule has 0 atom stereocenters. The van der Waals surface area contributed by atoms with E-state index in [1.54, 1.807) is 0 Å². The highest BCUT2D eigenvalue weighted by Gasteiger charge is 2.09. The fraction of sp³-hybridized carbons (Fsp3) is 0.0345. The van der Waals surface area contributed by atoms with Crippen LogP contribution in [0.3, 0.4) is 0 Å². The summed E-state index contributed by atoms with van der Waals surface area (Å²) in [5.41, 5.74) is 4.78. The van der Waals surface area contributed by atoms with Crippen molar-refractivity contribution in [2.75, 3.05) is 0 Å². The fourth-order valence-corrected chi connectivity index (χ4v) is 3.65. The van der Waals surface area contributed by atoms with Gasteiger partial charge in [-0.15, -0.1) is 0 Å². The van der Waals surface area contributed by atoms with E-state index in [-0.39, 0.29) is 0 Å². The van der Waals surface area contributed by atoms with Crippen molar-refractivity contribution in [3.63, 3.8) is 0 Å². The Labute approximate surface area is 188 Å². The van der Waals surface area contributed by atoms with Crippen molar-refractivity contribution in [3.8, 4) is 28.3 Å². The largest absolute Gasteiger partial charge is 0.457 e. The van der Waals surface area contributed by atoms with Crippen molar-refractivity contribution in [1.29, 1.82) is 0 Å². The van der Waals surface area contributed by atoms with Gasteiger partial charge in [-0.25, -0.2) is 4.57 Å². The van der Waals surface area contributed by atoms with Crippen LogP contribution in [0.15, 0.2) is 134 Å². The SMILES string of the molecule is c1ccc(C[n+]2ccc(-c3cc[n+](-c4ccc(Oc5ccccc5)cc4)cc3)cc2)cc1. The second-order valence-electron chi connectivity index (χ2n) is 7.65. The van der Waals surface area contributed by atoms with Gasteiger partial charge in [-0.2, -0.15) is 4.57 Å². The van der Waals surface area contributed by atoms with Gasteiger partial charge in [0.2, 0.25) is 5.69 Å².